The van der Waals surface area contributed by atoms with Crippen LogP contribution in [0, 0.1) is 0 Å². The SMILES string of the molecule is COc1cc([C@@H]2NC(=O)C(=O)C2=C(O)c2ccc(OC)c(OC)c2)ccc1O. The van der Waals surface area contributed by atoms with Crippen LogP contribution < -0.4 is 19.5 Å². The molecule has 2 aromatic rings. The molecule has 28 heavy (non-hydrogen) atoms. The zero-order chi connectivity index (χ0) is 20.4. The summed E-state index contributed by atoms with van der Waals surface area (Å²) in [6, 6.07) is 8.14. The number of aliphatic hydroxyl groups excluding tert-OH is 1. The van der Waals surface area contributed by atoms with E-state index >= 15 is 0 Å². The van der Waals surface area contributed by atoms with Crippen molar-refractivity contribution in [2.24, 2.45) is 0 Å². The minimum absolute atomic E-state index is 0.0865. The van der Waals surface area contributed by atoms with Gasteiger partial charge in [0.05, 0.1) is 32.9 Å². The zero-order valence-corrected chi connectivity index (χ0v) is 15.5. The van der Waals surface area contributed by atoms with Crippen molar-refractivity contribution in [3.05, 3.63) is 53.1 Å². The van der Waals surface area contributed by atoms with Gasteiger partial charge >= 0.3 is 0 Å². The van der Waals surface area contributed by atoms with E-state index in [1.807, 2.05) is 0 Å². The molecule has 2 aromatic carbocycles. The lowest BCUT2D eigenvalue weighted by atomic mass is 9.95. The predicted molar refractivity (Wildman–Crippen MR) is 99.6 cm³/mol. The van der Waals surface area contributed by atoms with Gasteiger partial charge in [-0.25, -0.2) is 0 Å². The number of ether oxygens (including phenoxy) is 3. The number of aromatic hydroxyl groups is 1. The molecule has 8 nitrogen and oxygen atoms in total. The largest absolute Gasteiger partial charge is 0.507 e. The molecule has 0 aromatic heterocycles. The second kappa shape index (κ2) is 7.51. The lowest BCUT2D eigenvalue weighted by molar-refractivity contribution is -0.133. The summed E-state index contributed by atoms with van der Waals surface area (Å²) in [5.74, 6) is -1.13. The molecule has 3 N–H and O–H groups in total. The lowest BCUT2D eigenvalue weighted by Crippen LogP contribution is -2.21. The molecule has 0 bridgehead atoms. The molecular weight excluding hydrogens is 366 g/mol. The molecule has 1 fully saturated rings. The normalized spacial score (nSPS) is 17.9. The number of Topliss-reactive ketones (excluding diaryl/α,β-unsaturated/α-hetero) is 1. The van der Waals surface area contributed by atoms with E-state index in [2.05, 4.69) is 5.32 Å². The molecule has 1 saturated heterocycles. The number of ketones is 1. The van der Waals surface area contributed by atoms with Gasteiger partial charge < -0.3 is 29.7 Å². The molecule has 3 rings (SSSR count). The van der Waals surface area contributed by atoms with Crippen LogP contribution in [-0.4, -0.2) is 43.2 Å². The van der Waals surface area contributed by atoms with E-state index in [0.717, 1.165) is 0 Å². The number of phenolic OH excluding ortho intramolecular Hbond substituents is 1. The monoisotopic (exact) mass is 385 g/mol. The summed E-state index contributed by atoms with van der Waals surface area (Å²) in [6.07, 6.45) is 0. The van der Waals surface area contributed by atoms with Gasteiger partial charge in [-0.3, -0.25) is 9.59 Å². The first-order valence-electron chi connectivity index (χ1n) is 8.28. The Morgan fingerprint density at radius 1 is 0.929 bits per heavy atom. The Morgan fingerprint density at radius 2 is 1.61 bits per heavy atom. The Morgan fingerprint density at radius 3 is 2.25 bits per heavy atom. The highest BCUT2D eigenvalue weighted by atomic mass is 16.5. The number of benzene rings is 2. The van der Waals surface area contributed by atoms with Crippen LogP contribution in [0.25, 0.3) is 5.76 Å². The van der Waals surface area contributed by atoms with Crippen molar-refractivity contribution in [3.8, 4) is 23.0 Å². The van der Waals surface area contributed by atoms with Crippen LogP contribution in [0.15, 0.2) is 42.0 Å². The minimum atomic E-state index is -0.900. The van der Waals surface area contributed by atoms with Crippen LogP contribution in [0.3, 0.4) is 0 Å². The van der Waals surface area contributed by atoms with Crippen LogP contribution in [0.5, 0.6) is 23.0 Å². The maximum atomic E-state index is 12.4. The summed E-state index contributed by atoms with van der Waals surface area (Å²) in [5.41, 5.74) is 0.647. The van der Waals surface area contributed by atoms with Crippen molar-refractivity contribution in [3.63, 3.8) is 0 Å². The Hall–Kier alpha value is -3.68. The minimum Gasteiger partial charge on any atom is -0.507 e. The van der Waals surface area contributed by atoms with Crippen molar-refractivity contribution in [1.82, 2.24) is 5.32 Å². The van der Waals surface area contributed by atoms with E-state index < -0.39 is 17.7 Å². The fourth-order valence-corrected chi connectivity index (χ4v) is 3.03. The third kappa shape index (κ3) is 3.20. The zero-order valence-electron chi connectivity index (χ0n) is 15.5. The summed E-state index contributed by atoms with van der Waals surface area (Å²) in [4.78, 5) is 24.5. The average Bonchev–Trinajstić information content (AvgIpc) is 3.01. The van der Waals surface area contributed by atoms with E-state index in [-0.39, 0.29) is 28.4 Å². The van der Waals surface area contributed by atoms with Gasteiger partial charge in [0, 0.05) is 5.56 Å². The molecule has 0 radical (unpaired) electrons. The molecule has 0 unspecified atom stereocenters. The number of hydrogen-bond acceptors (Lipinski definition) is 7. The van der Waals surface area contributed by atoms with Crippen LogP contribution in [0.1, 0.15) is 17.2 Å². The fraction of sp³-hybridized carbons (Fsp3) is 0.200. The maximum Gasteiger partial charge on any atom is 0.293 e. The highest BCUT2D eigenvalue weighted by molar-refractivity contribution is 6.46. The number of nitrogens with one attached hydrogen (secondary N) is 1. The quantitative estimate of drug-likeness (QED) is 0.410. The van der Waals surface area contributed by atoms with Gasteiger partial charge in [-0.15, -0.1) is 0 Å². The average molecular weight is 385 g/mol. The first-order chi connectivity index (χ1) is 13.4. The number of amides is 1. The topological polar surface area (TPSA) is 114 Å². The lowest BCUT2D eigenvalue weighted by Gasteiger charge is -2.16. The van der Waals surface area contributed by atoms with Gasteiger partial charge in [0.25, 0.3) is 11.7 Å². The van der Waals surface area contributed by atoms with E-state index in [1.165, 1.54) is 45.6 Å². The van der Waals surface area contributed by atoms with Gasteiger partial charge in [-0.2, -0.15) is 0 Å². The van der Waals surface area contributed by atoms with E-state index in [1.54, 1.807) is 12.1 Å². The molecule has 0 spiro atoms. The van der Waals surface area contributed by atoms with Crippen LogP contribution >= 0.6 is 0 Å². The Kier molecular flexibility index (Phi) is 5.12. The van der Waals surface area contributed by atoms with Crippen molar-refractivity contribution in [2.45, 2.75) is 6.04 Å². The molecule has 1 amide bonds. The van der Waals surface area contributed by atoms with Gasteiger partial charge in [-0.1, -0.05) is 6.07 Å². The molecule has 146 valence electrons. The molecule has 1 aliphatic heterocycles. The Bertz CT molecular complexity index is 981. The van der Waals surface area contributed by atoms with Gasteiger partial charge in [0.15, 0.2) is 23.0 Å². The fourth-order valence-electron chi connectivity index (χ4n) is 3.03. The molecular formula is C20H19NO7. The van der Waals surface area contributed by atoms with Crippen molar-refractivity contribution in [1.29, 1.82) is 0 Å². The van der Waals surface area contributed by atoms with Crippen LogP contribution in [-0.2, 0) is 9.59 Å². The number of aliphatic hydroxyl groups is 1. The van der Waals surface area contributed by atoms with Crippen molar-refractivity contribution >= 4 is 17.4 Å². The van der Waals surface area contributed by atoms with Gasteiger partial charge in [0.2, 0.25) is 0 Å². The second-order valence-corrected chi connectivity index (χ2v) is 6.00. The van der Waals surface area contributed by atoms with E-state index in [9.17, 15) is 19.8 Å². The van der Waals surface area contributed by atoms with Crippen molar-refractivity contribution < 1.29 is 34.0 Å². The highest BCUT2D eigenvalue weighted by Gasteiger charge is 2.40. The van der Waals surface area contributed by atoms with E-state index in [4.69, 9.17) is 14.2 Å². The second-order valence-electron chi connectivity index (χ2n) is 6.00. The molecule has 1 atom stereocenters. The molecule has 0 saturated carbocycles. The highest BCUT2D eigenvalue weighted by Crippen LogP contribution is 2.38. The van der Waals surface area contributed by atoms with Crippen LogP contribution in [0.4, 0.5) is 0 Å². The Balaban J connectivity index is 2.13. The standard InChI is InChI=1S/C20H19NO7/c1-26-13-7-5-11(9-15(13)28-3)18(23)16-17(21-20(25)19(16)24)10-4-6-12(22)14(8-10)27-2/h4-9,17,22-23H,1-3H3,(H,21,25)/t17-/m0/s1. The number of methoxy groups -OCH3 is 3. The summed E-state index contributed by atoms with van der Waals surface area (Å²) in [5, 5.41) is 23.1. The molecule has 8 heteroatoms. The van der Waals surface area contributed by atoms with Crippen molar-refractivity contribution in [2.75, 3.05) is 21.3 Å². The number of rotatable bonds is 5. The van der Waals surface area contributed by atoms with E-state index in [0.29, 0.717) is 17.1 Å². The predicted octanol–water partition coefficient (Wildman–Crippen LogP) is 2.13. The number of hydrogen-bond donors (Lipinski definition) is 3. The smallest absolute Gasteiger partial charge is 0.293 e. The summed E-state index contributed by atoms with van der Waals surface area (Å²) in [7, 11) is 4.31. The first kappa shape index (κ1) is 19.1. The Labute approximate surface area is 161 Å². The third-order valence-corrected chi connectivity index (χ3v) is 4.46. The third-order valence-electron chi connectivity index (χ3n) is 4.46. The summed E-state index contributed by atoms with van der Waals surface area (Å²) in [6.45, 7) is 0. The van der Waals surface area contributed by atoms with Gasteiger partial charge in [-0.05, 0) is 35.9 Å². The van der Waals surface area contributed by atoms with Crippen LogP contribution in [0.2, 0.25) is 0 Å². The molecule has 1 heterocycles. The number of carbonyl (C=O) groups excluding carboxylic acids is 2. The summed E-state index contributed by atoms with van der Waals surface area (Å²) >= 11 is 0. The molecule has 1 aliphatic rings. The maximum absolute atomic E-state index is 12.4. The number of carbonyl (C=O) groups is 2. The summed E-state index contributed by atoms with van der Waals surface area (Å²) < 4.78 is 15.5. The number of phenols is 1. The molecule has 0 aliphatic carbocycles. The first-order valence-corrected chi connectivity index (χ1v) is 8.28. The van der Waals surface area contributed by atoms with Gasteiger partial charge in [0.1, 0.15) is 5.76 Å².